The van der Waals surface area contributed by atoms with Gasteiger partial charge in [0.2, 0.25) is 0 Å². The van der Waals surface area contributed by atoms with E-state index in [2.05, 4.69) is 81.5 Å². The van der Waals surface area contributed by atoms with Crippen molar-refractivity contribution >= 4 is 17.9 Å². The quantitative estimate of drug-likeness (QED) is 0.0264. The first-order chi connectivity index (χ1) is 28.5. The minimum absolute atomic E-state index is 0.0925. The van der Waals surface area contributed by atoms with Crippen LogP contribution < -0.4 is 0 Å². The molecule has 0 N–H and O–H groups in total. The maximum atomic E-state index is 12.7. The number of hydrogen-bond acceptors (Lipinski definition) is 6. The molecule has 0 saturated carbocycles. The number of esters is 3. The molecule has 0 bridgehead atoms. The van der Waals surface area contributed by atoms with Gasteiger partial charge in [0.1, 0.15) is 13.2 Å². The van der Waals surface area contributed by atoms with Crippen LogP contribution in [0.1, 0.15) is 233 Å². The summed E-state index contributed by atoms with van der Waals surface area (Å²) in [4.78, 5) is 37.8. The lowest BCUT2D eigenvalue weighted by Crippen LogP contribution is -2.30. The van der Waals surface area contributed by atoms with Crippen molar-refractivity contribution in [1.29, 1.82) is 0 Å². The third-order valence-corrected chi connectivity index (χ3v) is 10.3. The molecule has 0 saturated heterocycles. The zero-order chi connectivity index (χ0) is 42.3. The molecule has 6 heteroatoms. The summed E-state index contributed by atoms with van der Waals surface area (Å²) in [5.74, 6) is -0.945. The highest BCUT2D eigenvalue weighted by Gasteiger charge is 2.19. The van der Waals surface area contributed by atoms with Gasteiger partial charge in [-0.05, 0) is 83.5 Å². The number of unbranched alkanes of at least 4 members (excludes halogenated alkanes) is 22. The zero-order valence-electron chi connectivity index (χ0n) is 38.0. The number of carbonyl (C=O) groups excluding carboxylic acids is 3. The van der Waals surface area contributed by atoms with Crippen molar-refractivity contribution in [1.82, 2.24) is 0 Å². The van der Waals surface area contributed by atoms with E-state index in [1.807, 2.05) is 0 Å². The van der Waals surface area contributed by atoms with Gasteiger partial charge < -0.3 is 14.2 Å². The van der Waals surface area contributed by atoms with E-state index in [1.165, 1.54) is 103 Å². The van der Waals surface area contributed by atoms with Crippen LogP contribution in [0.15, 0.2) is 60.8 Å². The van der Waals surface area contributed by atoms with Crippen molar-refractivity contribution in [3.8, 4) is 0 Å². The van der Waals surface area contributed by atoms with Gasteiger partial charge in [-0.2, -0.15) is 0 Å². The fourth-order valence-electron chi connectivity index (χ4n) is 6.60. The Morgan fingerprint density at radius 3 is 1.10 bits per heavy atom. The number of carbonyl (C=O) groups is 3. The Morgan fingerprint density at radius 1 is 0.362 bits per heavy atom. The molecule has 0 aromatic rings. The Balaban J connectivity index is 4.42. The second-order valence-corrected chi connectivity index (χ2v) is 16.0. The Bertz CT molecular complexity index is 1070. The van der Waals surface area contributed by atoms with Crippen LogP contribution in [0.25, 0.3) is 0 Å². The summed E-state index contributed by atoms with van der Waals surface area (Å²) in [5.41, 5.74) is 0. The molecule has 0 aliphatic carbocycles. The van der Waals surface area contributed by atoms with E-state index in [-0.39, 0.29) is 37.5 Å². The summed E-state index contributed by atoms with van der Waals surface area (Å²) < 4.78 is 16.7. The first kappa shape index (κ1) is 55.1. The van der Waals surface area contributed by atoms with E-state index in [0.29, 0.717) is 19.3 Å². The molecule has 0 fully saturated rings. The molecule has 0 amide bonds. The largest absolute Gasteiger partial charge is 0.462 e. The van der Waals surface area contributed by atoms with Crippen LogP contribution in [-0.4, -0.2) is 37.2 Å². The number of hydrogen-bond donors (Lipinski definition) is 0. The zero-order valence-corrected chi connectivity index (χ0v) is 38.0. The van der Waals surface area contributed by atoms with Gasteiger partial charge in [-0.1, -0.05) is 191 Å². The van der Waals surface area contributed by atoms with Gasteiger partial charge in [-0.25, -0.2) is 0 Å². The third-order valence-electron chi connectivity index (χ3n) is 10.3. The summed E-state index contributed by atoms with van der Waals surface area (Å²) in [5, 5.41) is 0. The summed E-state index contributed by atoms with van der Waals surface area (Å²) >= 11 is 0. The molecule has 0 aromatic heterocycles. The highest BCUT2D eigenvalue weighted by Crippen LogP contribution is 2.14. The van der Waals surface area contributed by atoms with E-state index in [0.717, 1.165) is 83.5 Å². The van der Waals surface area contributed by atoms with Gasteiger partial charge in [0.25, 0.3) is 0 Å². The van der Waals surface area contributed by atoms with E-state index in [9.17, 15) is 14.4 Å². The summed E-state index contributed by atoms with van der Waals surface area (Å²) in [7, 11) is 0. The molecule has 0 radical (unpaired) electrons. The lowest BCUT2D eigenvalue weighted by atomic mass is 10.1. The van der Waals surface area contributed by atoms with Crippen LogP contribution in [0, 0.1) is 0 Å². The summed E-state index contributed by atoms with van der Waals surface area (Å²) in [6.07, 6.45) is 56.4. The second-order valence-electron chi connectivity index (χ2n) is 16.0. The Labute approximate surface area is 358 Å². The van der Waals surface area contributed by atoms with Crippen LogP contribution in [0.5, 0.6) is 0 Å². The molecule has 0 aliphatic rings. The molecule has 1 atom stereocenters. The molecular formula is C52H90O6. The van der Waals surface area contributed by atoms with E-state index in [1.54, 1.807) is 0 Å². The third kappa shape index (κ3) is 44.2. The number of rotatable bonds is 43. The SMILES string of the molecule is CC/C=C\C/C=C\C/C=C\C/C=C\CCCCC(=O)OC(COC(=O)CCCCCCC/C=C\CCCCCCCCC)COC(=O)CCCCCCCCCCC. The Hall–Kier alpha value is -2.89. The first-order valence-corrected chi connectivity index (χ1v) is 24.3. The molecular weight excluding hydrogens is 721 g/mol. The lowest BCUT2D eigenvalue weighted by Gasteiger charge is -2.18. The molecule has 1 unspecified atom stereocenters. The van der Waals surface area contributed by atoms with Crippen molar-refractivity contribution in [2.45, 2.75) is 239 Å². The van der Waals surface area contributed by atoms with Crippen LogP contribution >= 0.6 is 0 Å². The van der Waals surface area contributed by atoms with Crippen LogP contribution in [0.4, 0.5) is 0 Å². The predicted molar refractivity (Wildman–Crippen MR) is 247 cm³/mol. The van der Waals surface area contributed by atoms with Gasteiger partial charge in [0.05, 0.1) is 0 Å². The molecule has 0 heterocycles. The van der Waals surface area contributed by atoms with Gasteiger partial charge >= 0.3 is 17.9 Å². The minimum atomic E-state index is -0.795. The normalized spacial score (nSPS) is 12.5. The smallest absolute Gasteiger partial charge is 0.306 e. The van der Waals surface area contributed by atoms with Crippen LogP contribution in [-0.2, 0) is 28.6 Å². The first-order valence-electron chi connectivity index (χ1n) is 24.3. The molecule has 0 spiro atoms. The summed E-state index contributed by atoms with van der Waals surface area (Å²) in [6.45, 7) is 6.45. The molecule has 6 nitrogen and oxygen atoms in total. The van der Waals surface area contributed by atoms with E-state index < -0.39 is 6.10 Å². The molecule has 0 rings (SSSR count). The molecule has 58 heavy (non-hydrogen) atoms. The van der Waals surface area contributed by atoms with Crippen molar-refractivity contribution in [3.63, 3.8) is 0 Å². The molecule has 0 aliphatic heterocycles. The Morgan fingerprint density at radius 2 is 0.672 bits per heavy atom. The van der Waals surface area contributed by atoms with Crippen LogP contribution in [0.3, 0.4) is 0 Å². The highest BCUT2D eigenvalue weighted by molar-refractivity contribution is 5.71. The van der Waals surface area contributed by atoms with Crippen molar-refractivity contribution < 1.29 is 28.6 Å². The van der Waals surface area contributed by atoms with Crippen molar-refractivity contribution in [2.75, 3.05) is 13.2 Å². The highest BCUT2D eigenvalue weighted by atomic mass is 16.6. The van der Waals surface area contributed by atoms with Gasteiger partial charge in [0, 0.05) is 19.3 Å². The maximum absolute atomic E-state index is 12.7. The second kappa shape index (κ2) is 46.8. The van der Waals surface area contributed by atoms with Gasteiger partial charge in [-0.15, -0.1) is 0 Å². The average molecular weight is 811 g/mol. The fraction of sp³-hybridized carbons (Fsp3) is 0.750. The minimum Gasteiger partial charge on any atom is -0.462 e. The average Bonchev–Trinajstić information content (AvgIpc) is 3.22. The molecule has 334 valence electrons. The summed E-state index contributed by atoms with van der Waals surface area (Å²) in [6, 6.07) is 0. The topological polar surface area (TPSA) is 78.9 Å². The van der Waals surface area contributed by atoms with Gasteiger partial charge in [0.15, 0.2) is 6.10 Å². The van der Waals surface area contributed by atoms with Crippen molar-refractivity contribution in [3.05, 3.63) is 60.8 Å². The molecule has 0 aromatic carbocycles. The van der Waals surface area contributed by atoms with Crippen molar-refractivity contribution in [2.24, 2.45) is 0 Å². The monoisotopic (exact) mass is 811 g/mol. The van der Waals surface area contributed by atoms with Gasteiger partial charge in [-0.3, -0.25) is 14.4 Å². The number of ether oxygens (including phenoxy) is 3. The standard InChI is InChI=1S/C52H90O6/c1-4-7-10-13-16-19-21-23-25-27-28-30-33-36-39-42-45-51(54)57-48-49(47-56-50(53)44-41-38-35-32-18-15-12-9-6-3)58-52(55)46-43-40-37-34-31-29-26-24-22-20-17-14-11-8-5-2/h8,11,17,20,24-27,31,34,49H,4-7,9-10,12-16,18-19,21-23,28-30,32-33,35-48H2,1-3H3/b11-8-,20-17-,26-24-,27-25-,34-31-. The maximum Gasteiger partial charge on any atom is 0.306 e. The number of allylic oxidation sites excluding steroid dienone is 10. The lowest BCUT2D eigenvalue weighted by molar-refractivity contribution is -0.167. The Kier molecular flexibility index (Phi) is 44.5. The van der Waals surface area contributed by atoms with E-state index in [4.69, 9.17) is 14.2 Å². The van der Waals surface area contributed by atoms with E-state index >= 15 is 0 Å². The predicted octanol–water partition coefficient (Wildman–Crippen LogP) is 15.7. The fourth-order valence-corrected chi connectivity index (χ4v) is 6.60. The van der Waals surface area contributed by atoms with Crippen LogP contribution in [0.2, 0.25) is 0 Å².